The summed E-state index contributed by atoms with van der Waals surface area (Å²) in [6.45, 7) is 1.00. The van der Waals surface area contributed by atoms with Crippen LogP contribution in [-0.2, 0) is 14.8 Å². The molecule has 0 amide bonds. The molecule has 1 fully saturated rings. The maximum absolute atomic E-state index is 13.4. The van der Waals surface area contributed by atoms with Crippen LogP contribution in [0.4, 0.5) is 10.1 Å². The van der Waals surface area contributed by atoms with Crippen LogP contribution in [0.15, 0.2) is 40.8 Å². The third-order valence-electron chi connectivity index (χ3n) is 5.51. The van der Waals surface area contributed by atoms with Crippen LogP contribution in [0, 0.1) is 5.82 Å². The lowest BCUT2D eigenvalue weighted by atomic mass is 9.97. The first-order valence-corrected chi connectivity index (χ1v) is 12.0. The average Bonchev–Trinajstić information content (AvgIpc) is 3.51. The molecule has 0 saturated heterocycles. The first kappa shape index (κ1) is 22.0. The van der Waals surface area contributed by atoms with E-state index in [-0.39, 0.29) is 35.2 Å². The Morgan fingerprint density at radius 2 is 1.84 bits per heavy atom. The fourth-order valence-corrected chi connectivity index (χ4v) is 4.71. The van der Waals surface area contributed by atoms with Crippen molar-refractivity contribution in [2.75, 3.05) is 17.1 Å². The second kappa shape index (κ2) is 8.05. The molecule has 2 aromatic carbocycles. The second-order valence-electron chi connectivity index (χ2n) is 7.93. The summed E-state index contributed by atoms with van der Waals surface area (Å²) in [6.07, 6.45) is 2.85. The molecule has 1 aromatic heterocycles. The Kier molecular flexibility index (Phi) is 5.54. The third-order valence-corrected chi connectivity index (χ3v) is 6.64. The summed E-state index contributed by atoms with van der Waals surface area (Å²) in [7, 11) is -3.89. The lowest BCUT2D eigenvalue weighted by Crippen LogP contribution is -2.35. The van der Waals surface area contributed by atoms with Gasteiger partial charge < -0.3 is 9.52 Å². The number of aliphatic carboxylic acids is 1. The Hall–Kier alpha value is -3.20. The normalized spacial score (nSPS) is 14.0. The molecule has 4 rings (SSSR count). The van der Waals surface area contributed by atoms with Crippen molar-refractivity contribution in [2.45, 2.75) is 32.1 Å². The minimum Gasteiger partial charge on any atom is -0.480 e. The number of furan rings is 1. The molecule has 3 aromatic rings. The molecule has 0 unspecified atom stereocenters. The molecular formula is C23H22FNO6S. The molecule has 7 nitrogen and oxygen atoms in total. The van der Waals surface area contributed by atoms with Crippen LogP contribution in [-0.4, -0.2) is 38.1 Å². The molecule has 0 radical (unpaired) electrons. The SMILES string of the molecule is CCC(=O)c1c(-c2ccc(F)cc2)oc2cc(N(CC(=O)O)S(C)(=O)=O)c(C3CC3)cc12. The highest BCUT2D eigenvalue weighted by Gasteiger charge is 2.33. The lowest BCUT2D eigenvalue weighted by molar-refractivity contribution is -0.135. The maximum Gasteiger partial charge on any atom is 0.324 e. The van der Waals surface area contributed by atoms with E-state index in [1.165, 1.54) is 30.3 Å². The van der Waals surface area contributed by atoms with Gasteiger partial charge in [-0.3, -0.25) is 13.9 Å². The largest absolute Gasteiger partial charge is 0.480 e. The quantitative estimate of drug-likeness (QED) is 0.495. The van der Waals surface area contributed by atoms with Gasteiger partial charge in [0.2, 0.25) is 10.0 Å². The van der Waals surface area contributed by atoms with Crippen molar-refractivity contribution in [1.29, 1.82) is 0 Å². The van der Waals surface area contributed by atoms with Crippen LogP contribution in [0.25, 0.3) is 22.3 Å². The molecular weight excluding hydrogens is 437 g/mol. The van der Waals surface area contributed by atoms with Crippen LogP contribution in [0.2, 0.25) is 0 Å². The Bertz CT molecular complexity index is 1320. The number of hydrogen-bond acceptors (Lipinski definition) is 5. The minimum atomic E-state index is -3.89. The summed E-state index contributed by atoms with van der Waals surface area (Å²) in [6, 6.07) is 8.78. The van der Waals surface area contributed by atoms with Gasteiger partial charge in [-0.15, -0.1) is 0 Å². The van der Waals surface area contributed by atoms with Gasteiger partial charge in [0.15, 0.2) is 5.78 Å². The van der Waals surface area contributed by atoms with Crippen LogP contribution in [0.1, 0.15) is 48.0 Å². The highest BCUT2D eigenvalue weighted by atomic mass is 32.2. The van der Waals surface area contributed by atoms with Crippen LogP contribution in [0.3, 0.4) is 0 Å². The molecule has 168 valence electrons. The molecule has 0 aliphatic heterocycles. The molecule has 1 aliphatic carbocycles. The number of nitrogens with zero attached hydrogens (tertiary/aromatic N) is 1. The van der Waals surface area contributed by atoms with Crippen molar-refractivity contribution in [2.24, 2.45) is 0 Å². The van der Waals surface area contributed by atoms with E-state index in [9.17, 15) is 27.5 Å². The van der Waals surface area contributed by atoms with E-state index in [4.69, 9.17) is 4.42 Å². The zero-order valence-corrected chi connectivity index (χ0v) is 18.4. The number of halogens is 1. The summed E-state index contributed by atoms with van der Waals surface area (Å²) in [5.74, 6) is -1.53. The van der Waals surface area contributed by atoms with Gasteiger partial charge in [0.05, 0.1) is 17.5 Å². The topological polar surface area (TPSA) is 105 Å². The number of ketones is 1. The monoisotopic (exact) mass is 459 g/mol. The van der Waals surface area contributed by atoms with Crippen LogP contribution < -0.4 is 4.31 Å². The molecule has 0 bridgehead atoms. The van der Waals surface area contributed by atoms with Gasteiger partial charge in [-0.25, -0.2) is 12.8 Å². The van der Waals surface area contributed by atoms with Crippen molar-refractivity contribution in [3.05, 3.63) is 53.3 Å². The maximum atomic E-state index is 13.4. The van der Waals surface area contributed by atoms with Gasteiger partial charge >= 0.3 is 5.97 Å². The number of carbonyl (C=O) groups excluding carboxylic acids is 1. The number of fused-ring (bicyclic) bond motifs is 1. The molecule has 1 aliphatic rings. The number of anilines is 1. The molecule has 9 heteroatoms. The zero-order valence-electron chi connectivity index (χ0n) is 17.6. The number of carbonyl (C=O) groups is 2. The van der Waals surface area contributed by atoms with E-state index < -0.39 is 28.4 Å². The number of rotatable bonds is 8. The number of sulfonamides is 1. The summed E-state index contributed by atoms with van der Waals surface area (Å²) in [4.78, 5) is 24.2. The van der Waals surface area contributed by atoms with E-state index in [0.717, 1.165) is 23.4 Å². The highest BCUT2D eigenvalue weighted by Crippen LogP contribution is 2.48. The van der Waals surface area contributed by atoms with E-state index >= 15 is 0 Å². The van der Waals surface area contributed by atoms with Gasteiger partial charge in [0.25, 0.3) is 0 Å². The molecule has 1 saturated carbocycles. The molecule has 0 spiro atoms. The van der Waals surface area contributed by atoms with Crippen LogP contribution >= 0.6 is 0 Å². The summed E-state index contributed by atoms with van der Waals surface area (Å²) >= 11 is 0. The minimum absolute atomic E-state index is 0.0706. The number of benzene rings is 2. The predicted molar refractivity (Wildman–Crippen MR) is 118 cm³/mol. The highest BCUT2D eigenvalue weighted by molar-refractivity contribution is 7.92. The van der Waals surface area contributed by atoms with Crippen molar-refractivity contribution < 1.29 is 31.9 Å². The van der Waals surface area contributed by atoms with Gasteiger partial charge in [0.1, 0.15) is 23.7 Å². The number of Topliss-reactive ketones (excluding diaryl/α,β-unsaturated/α-hetero) is 1. The molecule has 32 heavy (non-hydrogen) atoms. The summed E-state index contributed by atoms with van der Waals surface area (Å²) < 4.78 is 45.1. The number of carboxylic acid groups (broad SMARTS) is 1. The number of hydrogen-bond donors (Lipinski definition) is 1. The van der Waals surface area contributed by atoms with Crippen molar-refractivity contribution in [3.8, 4) is 11.3 Å². The lowest BCUT2D eigenvalue weighted by Gasteiger charge is -2.23. The molecule has 1 N–H and O–H groups in total. The van der Waals surface area contributed by atoms with Gasteiger partial charge in [-0.05, 0) is 54.7 Å². The molecule has 1 heterocycles. The van der Waals surface area contributed by atoms with Crippen molar-refractivity contribution in [3.63, 3.8) is 0 Å². The first-order chi connectivity index (χ1) is 15.1. The Labute approximate surface area is 184 Å². The van der Waals surface area contributed by atoms with E-state index in [1.54, 1.807) is 13.0 Å². The third kappa shape index (κ3) is 4.12. The van der Waals surface area contributed by atoms with E-state index in [0.29, 0.717) is 22.1 Å². The Morgan fingerprint density at radius 1 is 1.19 bits per heavy atom. The van der Waals surface area contributed by atoms with Gasteiger partial charge in [0, 0.05) is 23.4 Å². The van der Waals surface area contributed by atoms with Gasteiger partial charge in [-0.2, -0.15) is 0 Å². The Morgan fingerprint density at radius 3 is 2.38 bits per heavy atom. The van der Waals surface area contributed by atoms with Crippen molar-refractivity contribution >= 4 is 38.4 Å². The average molecular weight is 459 g/mol. The standard InChI is InChI=1S/C23H22FNO6S/c1-3-19(26)22-17-10-16(13-4-5-13)18(25(12-21(27)28)32(2,29)30)11-20(17)31-23(22)14-6-8-15(24)9-7-14/h6-11,13H,3-5,12H2,1-2H3,(H,27,28). The van der Waals surface area contributed by atoms with Crippen molar-refractivity contribution in [1.82, 2.24) is 0 Å². The van der Waals surface area contributed by atoms with Crippen LogP contribution in [0.5, 0.6) is 0 Å². The Balaban J connectivity index is 2.00. The van der Waals surface area contributed by atoms with E-state index in [1.807, 2.05) is 0 Å². The summed E-state index contributed by atoms with van der Waals surface area (Å²) in [5.41, 5.74) is 2.03. The first-order valence-electron chi connectivity index (χ1n) is 10.2. The smallest absolute Gasteiger partial charge is 0.324 e. The second-order valence-corrected chi connectivity index (χ2v) is 9.84. The summed E-state index contributed by atoms with van der Waals surface area (Å²) in [5, 5.41) is 9.82. The zero-order chi connectivity index (χ0) is 23.2. The number of carboxylic acids is 1. The van der Waals surface area contributed by atoms with E-state index in [2.05, 4.69) is 0 Å². The fourth-order valence-electron chi connectivity index (χ4n) is 3.85. The van der Waals surface area contributed by atoms with Gasteiger partial charge in [-0.1, -0.05) is 6.92 Å². The fraction of sp³-hybridized carbons (Fsp3) is 0.304. The predicted octanol–water partition coefficient (Wildman–Crippen LogP) is 4.56. The molecule has 0 atom stereocenters.